The topological polar surface area (TPSA) is 93.5 Å². The number of piperazine rings is 1. The molecule has 6 unspecified atom stereocenters. The Morgan fingerprint density at radius 3 is 2.21 bits per heavy atom. The summed E-state index contributed by atoms with van der Waals surface area (Å²) in [5.74, 6) is 2.43. The lowest BCUT2D eigenvalue weighted by Crippen LogP contribution is -2.74. The van der Waals surface area contributed by atoms with Crippen molar-refractivity contribution in [2.75, 3.05) is 35.0 Å². The van der Waals surface area contributed by atoms with Crippen LogP contribution in [0.4, 0.5) is 0 Å². The molecule has 0 amide bonds. The van der Waals surface area contributed by atoms with Crippen molar-refractivity contribution in [3.05, 3.63) is 46.5 Å². The first-order valence-electron chi connectivity index (χ1n) is 13.5. The minimum atomic E-state index is -0.357. The largest absolute Gasteiger partial charge is 0.493 e. The van der Waals surface area contributed by atoms with E-state index in [1.54, 1.807) is 35.4 Å². The molecule has 4 aliphatic heterocycles. The van der Waals surface area contributed by atoms with Crippen LogP contribution in [-0.4, -0.2) is 68.9 Å². The molecule has 6 atom stereocenters. The Labute approximate surface area is 229 Å². The number of rotatable bonds is 7. The molecule has 0 aromatic heterocycles. The van der Waals surface area contributed by atoms with Crippen LogP contribution >= 0.6 is 0 Å². The Morgan fingerprint density at radius 1 is 0.974 bits per heavy atom. The van der Waals surface area contributed by atoms with Crippen LogP contribution in [0.3, 0.4) is 0 Å². The quantitative estimate of drug-likeness (QED) is 0.492. The Balaban J connectivity index is 1.53. The minimum Gasteiger partial charge on any atom is -0.493 e. The van der Waals surface area contributed by atoms with Gasteiger partial charge in [0.1, 0.15) is 12.6 Å². The van der Waals surface area contributed by atoms with Gasteiger partial charge in [-0.1, -0.05) is 6.92 Å². The third kappa shape index (κ3) is 3.47. The SMILES string of the molecule is CCC(=O)OCC1c2cc(OC)c(OC)cc2CC2C3c4cc(OC)c(OC)cc4C4(C)CC(C(C#N)N12)N34. The molecule has 0 radical (unpaired) electrons. The third-order valence-corrected chi connectivity index (χ3v) is 9.34. The highest BCUT2D eigenvalue weighted by molar-refractivity contribution is 5.69. The molecule has 0 saturated carbocycles. The van der Waals surface area contributed by atoms with Gasteiger partial charge in [0.05, 0.1) is 46.6 Å². The summed E-state index contributed by atoms with van der Waals surface area (Å²) < 4.78 is 28.4. The van der Waals surface area contributed by atoms with Crippen LogP contribution in [0.25, 0.3) is 0 Å². The lowest BCUT2D eigenvalue weighted by atomic mass is 9.71. The van der Waals surface area contributed by atoms with Crippen molar-refractivity contribution in [2.45, 2.75) is 68.9 Å². The summed E-state index contributed by atoms with van der Waals surface area (Å²) in [6.07, 6.45) is 1.86. The average molecular weight is 534 g/mol. The van der Waals surface area contributed by atoms with Crippen molar-refractivity contribution in [2.24, 2.45) is 0 Å². The van der Waals surface area contributed by atoms with Crippen molar-refractivity contribution < 1.29 is 28.5 Å². The summed E-state index contributed by atoms with van der Waals surface area (Å²) in [6, 6.07) is 10.3. The Kier molecular flexibility index (Phi) is 6.16. The van der Waals surface area contributed by atoms with E-state index >= 15 is 0 Å². The van der Waals surface area contributed by atoms with Crippen molar-refractivity contribution in [3.63, 3.8) is 0 Å². The predicted octanol–water partition coefficient (Wildman–Crippen LogP) is 3.89. The minimum absolute atomic E-state index is 0.0270. The van der Waals surface area contributed by atoms with E-state index in [0.29, 0.717) is 35.8 Å². The van der Waals surface area contributed by atoms with Gasteiger partial charge in [0, 0.05) is 24.0 Å². The number of nitriles is 1. The van der Waals surface area contributed by atoms with Crippen LogP contribution in [0.1, 0.15) is 61.0 Å². The monoisotopic (exact) mass is 533 g/mol. The standard InChI is InChI=1S/C30H35N3O6/c1-7-28(34)39-15-23-17-10-25(36-4)24(35-3)9-16(17)8-20-29-18-11-26(37-5)27(38-6)12-19(18)30(2)13-21(33(29)30)22(14-31)32(20)23/h9-12,20-23,29H,7-8,13,15H2,1-6H3. The maximum atomic E-state index is 12.3. The van der Waals surface area contributed by atoms with Gasteiger partial charge in [0.15, 0.2) is 23.0 Å². The van der Waals surface area contributed by atoms with Crippen LogP contribution in [0.2, 0.25) is 0 Å². The first kappa shape index (κ1) is 25.8. The Bertz CT molecular complexity index is 1370. The van der Waals surface area contributed by atoms with E-state index in [2.05, 4.69) is 34.9 Å². The third-order valence-electron chi connectivity index (χ3n) is 9.34. The van der Waals surface area contributed by atoms with E-state index < -0.39 is 0 Å². The number of carbonyl (C=O) groups excluding carboxylic acids is 1. The van der Waals surface area contributed by atoms with Gasteiger partial charge in [-0.05, 0) is 66.3 Å². The molecular weight excluding hydrogens is 498 g/mol. The van der Waals surface area contributed by atoms with Gasteiger partial charge in [-0.2, -0.15) is 5.26 Å². The summed E-state index contributed by atoms with van der Waals surface area (Å²) >= 11 is 0. The smallest absolute Gasteiger partial charge is 0.305 e. The molecule has 0 N–H and O–H groups in total. The average Bonchev–Trinajstić information content (AvgIpc) is 3.16. The number of ether oxygens (including phenoxy) is 5. The molecule has 2 aromatic rings. The highest BCUT2D eigenvalue weighted by Gasteiger charge is 2.68. The van der Waals surface area contributed by atoms with Crippen molar-refractivity contribution in [1.82, 2.24) is 9.80 Å². The van der Waals surface area contributed by atoms with E-state index in [1.165, 1.54) is 11.1 Å². The van der Waals surface area contributed by atoms with Gasteiger partial charge in [-0.3, -0.25) is 14.6 Å². The molecule has 0 bridgehead atoms. The molecule has 206 valence electrons. The summed E-state index contributed by atoms with van der Waals surface area (Å²) in [5.41, 5.74) is 4.36. The second-order valence-corrected chi connectivity index (χ2v) is 10.9. The second-order valence-electron chi connectivity index (χ2n) is 10.9. The maximum absolute atomic E-state index is 12.3. The number of hydrogen-bond acceptors (Lipinski definition) is 9. The fourth-order valence-electron chi connectivity index (χ4n) is 7.66. The first-order chi connectivity index (χ1) is 18.8. The van der Waals surface area contributed by atoms with Gasteiger partial charge >= 0.3 is 5.97 Å². The van der Waals surface area contributed by atoms with Gasteiger partial charge < -0.3 is 23.7 Å². The number of nitrogens with zero attached hydrogens (tertiary/aromatic N) is 3. The van der Waals surface area contributed by atoms with E-state index in [4.69, 9.17) is 23.7 Å². The lowest BCUT2D eigenvalue weighted by molar-refractivity contribution is -0.185. The normalized spacial score (nSPS) is 30.0. The van der Waals surface area contributed by atoms with Gasteiger partial charge in [0.2, 0.25) is 0 Å². The van der Waals surface area contributed by atoms with Crippen LogP contribution in [-0.2, 0) is 21.5 Å². The number of hydrogen-bond donors (Lipinski definition) is 0. The van der Waals surface area contributed by atoms with Crippen LogP contribution < -0.4 is 18.9 Å². The van der Waals surface area contributed by atoms with Crippen LogP contribution in [0.15, 0.2) is 24.3 Å². The number of carbonyl (C=O) groups is 1. The summed E-state index contributed by atoms with van der Waals surface area (Å²) in [7, 11) is 6.57. The van der Waals surface area contributed by atoms with E-state index in [0.717, 1.165) is 17.5 Å². The Morgan fingerprint density at radius 2 is 1.59 bits per heavy atom. The van der Waals surface area contributed by atoms with Gasteiger partial charge in [0.25, 0.3) is 0 Å². The Hall–Kier alpha value is -3.48. The number of fused-ring (bicyclic) bond motifs is 6. The van der Waals surface area contributed by atoms with Crippen LogP contribution in [0, 0.1) is 11.3 Å². The summed E-state index contributed by atoms with van der Waals surface area (Å²) in [5, 5.41) is 10.6. The molecule has 9 heteroatoms. The summed E-state index contributed by atoms with van der Waals surface area (Å²) in [6.45, 7) is 4.22. The maximum Gasteiger partial charge on any atom is 0.305 e. The van der Waals surface area contributed by atoms with Crippen molar-refractivity contribution in [3.8, 4) is 29.1 Å². The summed E-state index contributed by atoms with van der Waals surface area (Å²) in [4.78, 5) is 17.2. The number of methoxy groups -OCH3 is 4. The number of esters is 1. The fourth-order valence-corrected chi connectivity index (χ4v) is 7.66. The van der Waals surface area contributed by atoms with E-state index in [1.807, 2.05) is 12.1 Å². The molecule has 4 aliphatic rings. The molecule has 4 heterocycles. The van der Waals surface area contributed by atoms with E-state index in [9.17, 15) is 10.1 Å². The molecule has 0 spiro atoms. The first-order valence-corrected chi connectivity index (χ1v) is 13.5. The van der Waals surface area contributed by atoms with Gasteiger partial charge in [-0.25, -0.2) is 0 Å². The van der Waals surface area contributed by atoms with Gasteiger partial charge in [-0.15, -0.1) is 0 Å². The second kappa shape index (κ2) is 9.32. The van der Waals surface area contributed by atoms with Crippen molar-refractivity contribution in [1.29, 1.82) is 5.26 Å². The zero-order valence-corrected chi connectivity index (χ0v) is 23.3. The fraction of sp³-hybridized carbons (Fsp3) is 0.533. The molecule has 6 rings (SSSR count). The zero-order valence-electron chi connectivity index (χ0n) is 23.3. The number of benzene rings is 2. The lowest BCUT2D eigenvalue weighted by Gasteiger charge is -2.65. The molecule has 2 fully saturated rings. The van der Waals surface area contributed by atoms with E-state index in [-0.39, 0.29) is 48.3 Å². The highest BCUT2D eigenvalue weighted by Crippen LogP contribution is 2.65. The molecular formula is C30H35N3O6. The molecule has 9 nitrogen and oxygen atoms in total. The predicted molar refractivity (Wildman–Crippen MR) is 142 cm³/mol. The molecule has 0 aliphatic carbocycles. The van der Waals surface area contributed by atoms with Crippen molar-refractivity contribution >= 4 is 5.97 Å². The van der Waals surface area contributed by atoms with Crippen LogP contribution in [0.5, 0.6) is 23.0 Å². The molecule has 2 saturated heterocycles. The molecule has 39 heavy (non-hydrogen) atoms. The molecule has 2 aromatic carbocycles. The zero-order chi connectivity index (χ0) is 27.6. The highest BCUT2D eigenvalue weighted by atomic mass is 16.5.